The van der Waals surface area contributed by atoms with Crippen LogP contribution in [0.4, 0.5) is 5.69 Å². The van der Waals surface area contributed by atoms with Gasteiger partial charge in [-0.2, -0.15) is 0 Å². The summed E-state index contributed by atoms with van der Waals surface area (Å²) in [4.78, 5) is 13.5. The van der Waals surface area contributed by atoms with Crippen LogP contribution >= 0.6 is 11.6 Å². The quantitative estimate of drug-likeness (QED) is 0.644. The van der Waals surface area contributed by atoms with Crippen molar-refractivity contribution in [1.82, 2.24) is 4.90 Å². The maximum atomic E-state index is 11.6. The van der Waals surface area contributed by atoms with Gasteiger partial charge in [0.15, 0.2) is 0 Å². The summed E-state index contributed by atoms with van der Waals surface area (Å²) >= 11 is 5.89. The van der Waals surface area contributed by atoms with Gasteiger partial charge >= 0.3 is 5.97 Å². The van der Waals surface area contributed by atoms with Gasteiger partial charge in [0.2, 0.25) is 0 Å². The van der Waals surface area contributed by atoms with E-state index in [1.54, 1.807) is 18.2 Å². The Labute approximate surface area is 99.9 Å². The number of hydrogen-bond acceptors (Lipinski definition) is 4. The van der Waals surface area contributed by atoms with E-state index in [1.165, 1.54) is 0 Å². The number of benzene rings is 1. The summed E-state index contributed by atoms with van der Waals surface area (Å²) in [6.07, 6.45) is 0. The first-order valence-corrected chi connectivity index (χ1v) is 5.26. The Kier molecular flexibility index (Phi) is 4.58. The molecule has 0 aliphatic carbocycles. The SMILES string of the molecule is CN(C)CCOC(=O)c1cccc(N)c1Cl. The van der Waals surface area contributed by atoms with Crippen LogP contribution in [0, 0.1) is 0 Å². The molecule has 5 heteroatoms. The maximum Gasteiger partial charge on any atom is 0.339 e. The van der Waals surface area contributed by atoms with Crippen molar-refractivity contribution < 1.29 is 9.53 Å². The van der Waals surface area contributed by atoms with Crippen LogP contribution in [0.2, 0.25) is 5.02 Å². The summed E-state index contributed by atoms with van der Waals surface area (Å²) in [5.41, 5.74) is 6.27. The van der Waals surface area contributed by atoms with Crippen molar-refractivity contribution in [3.63, 3.8) is 0 Å². The van der Waals surface area contributed by atoms with E-state index >= 15 is 0 Å². The van der Waals surface area contributed by atoms with Crippen molar-refractivity contribution >= 4 is 23.3 Å². The smallest absolute Gasteiger partial charge is 0.339 e. The number of hydrogen-bond donors (Lipinski definition) is 1. The molecular formula is C11H15ClN2O2. The second-order valence-corrected chi connectivity index (χ2v) is 4.03. The average Bonchev–Trinajstić information content (AvgIpc) is 2.21. The lowest BCUT2D eigenvalue weighted by Gasteiger charge is -2.10. The summed E-state index contributed by atoms with van der Waals surface area (Å²) in [5, 5.41) is 0.248. The van der Waals surface area contributed by atoms with Crippen molar-refractivity contribution in [3.05, 3.63) is 28.8 Å². The zero-order chi connectivity index (χ0) is 12.1. The third-order valence-corrected chi connectivity index (χ3v) is 2.44. The molecule has 4 nitrogen and oxygen atoms in total. The fraction of sp³-hybridized carbons (Fsp3) is 0.364. The molecule has 0 aliphatic heterocycles. The molecule has 0 spiro atoms. The zero-order valence-corrected chi connectivity index (χ0v) is 10.1. The number of nitrogens with two attached hydrogens (primary N) is 1. The highest BCUT2D eigenvalue weighted by molar-refractivity contribution is 6.36. The molecule has 0 unspecified atom stereocenters. The van der Waals surface area contributed by atoms with Crippen molar-refractivity contribution in [3.8, 4) is 0 Å². The minimum absolute atomic E-state index is 0.248. The molecule has 0 saturated heterocycles. The highest BCUT2D eigenvalue weighted by Crippen LogP contribution is 2.23. The van der Waals surface area contributed by atoms with Crippen LogP contribution < -0.4 is 5.73 Å². The third-order valence-electron chi connectivity index (χ3n) is 2.02. The van der Waals surface area contributed by atoms with E-state index in [2.05, 4.69) is 0 Å². The maximum absolute atomic E-state index is 11.6. The van der Waals surface area contributed by atoms with Gasteiger partial charge in [-0.1, -0.05) is 17.7 Å². The number of likely N-dealkylation sites (N-methyl/N-ethyl adjacent to an activating group) is 1. The minimum Gasteiger partial charge on any atom is -0.461 e. The summed E-state index contributed by atoms with van der Waals surface area (Å²) in [6.45, 7) is 1.00. The van der Waals surface area contributed by atoms with Gasteiger partial charge in [-0.3, -0.25) is 0 Å². The molecule has 0 saturated carbocycles. The molecule has 88 valence electrons. The van der Waals surface area contributed by atoms with E-state index in [-0.39, 0.29) is 5.02 Å². The lowest BCUT2D eigenvalue weighted by molar-refractivity contribution is 0.0482. The molecule has 0 aliphatic rings. The number of ether oxygens (including phenoxy) is 1. The lowest BCUT2D eigenvalue weighted by atomic mass is 10.2. The molecule has 2 N–H and O–H groups in total. The Balaban J connectivity index is 2.63. The summed E-state index contributed by atoms with van der Waals surface area (Å²) in [5.74, 6) is -0.445. The Morgan fingerprint density at radius 3 is 2.81 bits per heavy atom. The fourth-order valence-corrected chi connectivity index (χ4v) is 1.31. The van der Waals surface area contributed by atoms with E-state index in [9.17, 15) is 4.79 Å². The standard InChI is InChI=1S/C11H15ClN2O2/c1-14(2)6-7-16-11(15)8-4-3-5-9(13)10(8)12/h3-5H,6-7,13H2,1-2H3. The minimum atomic E-state index is -0.445. The number of esters is 1. The van der Waals surface area contributed by atoms with E-state index in [0.29, 0.717) is 24.4 Å². The van der Waals surface area contributed by atoms with Crippen LogP contribution in [0.25, 0.3) is 0 Å². The van der Waals surface area contributed by atoms with Gasteiger partial charge in [-0.15, -0.1) is 0 Å². The Hall–Kier alpha value is -1.26. The molecule has 1 aromatic carbocycles. The first-order valence-electron chi connectivity index (χ1n) is 4.88. The average molecular weight is 243 g/mol. The van der Waals surface area contributed by atoms with E-state index in [0.717, 1.165) is 0 Å². The van der Waals surface area contributed by atoms with Crippen molar-refractivity contribution in [2.75, 3.05) is 33.0 Å². The van der Waals surface area contributed by atoms with Crippen LogP contribution in [0.3, 0.4) is 0 Å². The Morgan fingerprint density at radius 2 is 2.19 bits per heavy atom. The number of rotatable bonds is 4. The van der Waals surface area contributed by atoms with Crippen molar-refractivity contribution in [1.29, 1.82) is 0 Å². The number of anilines is 1. The zero-order valence-electron chi connectivity index (χ0n) is 9.37. The number of halogens is 1. The largest absolute Gasteiger partial charge is 0.461 e. The molecule has 0 amide bonds. The molecule has 0 heterocycles. The van der Waals surface area contributed by atoms with E-state index in [1.807, 2.05) is 19.0 Å². The summed E-state index contributed by atoms with van der Waals surface area (Å²) in [6, 6.07) is 4.90. The van der Waals surface area contributed by atoms with Crippen LogP contribution in [-0.2, 0) is 4.74 Å². The van der Waals surface area contributed by atoms with Gasteiger partial charge in [0.1, 0.15) is 6.61 Å². The van der Waals surface area contributed by atoms with Crippen LogP contribution in [0.5, 0.6) is 0 Å². The van der Waals surface area contributed by atoms with E-state index in [4.69, 9.17) is 22.1 Å². The Morgan fingerprint density at radius 1 is 1.50 bits per heavy atom. The number of carbonyl (C=O) groups excluding carboxylic acids is 1. The first kappa shape index (κ1) is 12.8. The number of nitrogens with zero attached hydrogens (tertiary/aromatic N) is 1. The van der Waals surface area contributed by atoms with Gasteiger partial charge in [-0.25, -0.2) is 4.79 Å². The van der Waals surface area contributed by atoms with Gasteiger partial charge in [0, 0.05) is 6.54 Å². The van der Waals surface area contributed by atoms with Gasteiger partial charge in [0.05, 0.1) is 16.3 Å². The summed E-state index contributed by atoms with van der Waals surface area (Å²) < 4.78 is 5.05. The van der Waals surface area contributed by atoms with Gasteiger partial charge in [0.25, 0.3) is 0 Å². The highest BCUT2D eigenvalue weighted by atomic mass is 35.5. The molecule has 0 fully saturated rings. The molecule has 0 aromatic heterocycles. The molecule has 16 heavy (non-hydrogen) atoms. The predicted molar refractivity (Wildman–Crippen MR) is 64.7 cm³/mol. The molecule has 0 bridgehead atoms. The first-order chi connectivity index (χ1) is 7.52. The Bertz CT molecular complexity index is 380. The molecule has 0 radical (unpaired) electrons. The molecule has 0 atom stereocenters. The fourth-order valence-electron chi connectivity index (χ4n) is 1.11. The molecule has 1 aromatic rings. The van der Waals surface area contributed by atoms with E-state index < -0.39 is 5.97 Å². The number of carbonyl (C=O) groups is 1. The topological polar surface area (TPSA) is 55.6 Å². The van der Waals surface area contributed by atoms with Gasteiger partial charge in [-0.05, 0) is 26.2 Å². The van der Waals surface area contributed by atoms with Crippen LogP contribution in [0.15, 0.2) is 18.2 Å². The summed E-state index contributed by atoms with van der Waals surface area (Å²) in [7, 11) is 3.81. The second kappa shape index (κ2) is 5.72. The van der Waals surface area contributed by atoms with Crippen LogP contribution in [-0.4, -0.2) is 38.1 Å². The van der Waals surface area contributed by atoms with Crippen LogP contribution in [0.1, 0.15) is 10.4 Å². The monoisotopic (exact) mass is 242 g/mol. The molecular weight excluding hydrogens is 228 g/mol. The lowest BCUT2D eigenvalue weighted by Crippen LogP contribution is -2.20. The number of nitrogen functional groups attached to an aromatic ring is 1. The second-order valence-electron chi connectivity index (χ2n) is 3.65. The highest BCUT2D eigenvalue weighted by Gasteiger charge is 2.13. The van der Waals surface area contributed by atoms with Gasteiger partial charge < -0.3 is 15.4 Å². The van der Waals surface area contributed by atoms with Crippen molar-refractivity contribution in [2.24, 2.45) is 0 Å². The normalized spacial score (nSPS) is 10.5. The molecule has 1 rings (SSSR count). The van der Waals surface area contributed by atoms with Crippen molar-refractivity contribution in [2.45, 2.75) is 0 Å². The predicted octanol–water partition coefficient (Wildman–Crippen LogP) is 1.64. The third kappa shape index (κ3) is 3.40.